The molecule has 0 fully saturated rings. The zero-order chi connectivity index (χ0) is 24.1. The minimum atomic E-state index is -0.957. The molecule has 2 N–H and O–H groups in total. The molecule has 1 heterocycles. The number of allylic oxidation sites excluding steroid dienone is 2. The summed E-state index contributed by atoms with van der Waals surface area (Å²) >= 11 is 12.6. The van der Waals surface area contributed by atoms with Gasteiger partial charge >= 0.3 is 6.03 Å². The number of urea groups is 1. The molecule has 2 amide bonds. The SMILES string of the molecule is COc1cc(OC)c(Cl)c(NC(=O)N(C)c2cc(NC3C=CC=CC3[N+](=O)[O-])ncn2)c1Cl. The Labute approximate surface area is 199 Å². The topological polar surface area (TPSA) is 132 Å². The number of ether oxygens (including phenoxy) is 2. The van der Waals surface area contributed by atoms with Crippen molar-refractivity contribution in [1.82, 2.24) is 9.97 Å². The summed E-state index contributed by atoms with van der Waals surface area (Å²) in [4.78, 5) is 33.2. The van der Waals surface area contributed by atoms with Crippen molar-refractivity contribution >= 4 is 46.6 Å². The van der Waals surface area contributed by atoms with Crippen LogP contribution in [0.4, 0.5) is 22.1 Å². The van der Waals surface area contributed by atoms with Gasteiger partial charge in [0.2, 0.25) is 0 Å². The lowest BCUT2D eigenvalue weighted by Gasteiger charge is -2.22. The molecule has 3 rings (SSSR count). The highest BCUT2D eigenvalue weighted by Gasteiger charge is 2.29. The van der Waals surface area contributed by atoms with Crippen molar-refractivity contribution in [2.75, 3.05) is 36.8 Å². The van der Waals surface area contributed by atoms with E-state index in [-0.39, 0.29) is 33.0 Å². The third-order valence-corrected chi connectivity index (χ3v) is 5.52. The maximum Gasteiger partial charge on any atom is 0.327 e. The molecule has 13 heteroatoms. The van der Waals surface area contributed by atoms with Gasteiger partial charge in [-0.2, -0.15) is 0 Å². The third-order valence-electron chi connectivity index (χ3n) is 4.77. The molecule has 1 aliphatic carbocycles. The number of hydrogen-bond acceptors (Lipinski definition) is 8. The van der Waals surface area contributed by atoms with E-state index in [2.05, 4.69) is 20.6 Å². The molecule has 0 radical (unpaired) electrons. The van der Waals surface area contributed by atoms with Crippen LogP contribution in [-0.2, 0) is 0 Å². The van der Waals surface area contributed by atoms with Crippen molar-refractivity contribution < 1.29 is 19.2 Å². The number of nitrogens with one attached hydrogen (secondary N) is 2. The molecule has 1 aromatic carbocycles. The molecule has 1 aromatic heterocycles. The predicted molar refractivity (Wildman–Crippen MR) is 125 cm³/mol. The average molecular weight is 495 g/mol. The van der Waals surface area contributed by atoms with Crippen molar-refractivity contribution in [3.8, 4) is 11.5 Å². The Kier molecular flexibility index (Phi) is 7.56. The van der Waals surface area contributed by atoms with Crippen LogP contribution in [0.15, 0.2) is 42.8 Å². The quantitative estimate of drug-likeness (QED) is 0.435. The Morgan fingerprint density at radius 2 is 1.76 bits per heavy atom. The van der Waals surface area contributed by atoms with Crippen LogP contribution >= 0.6 is 23.2 Å². The summed E-state index contributed by atoms with van der Waals surface area (Å²) in [6.07, 6.45) is 7.69. The minimum Gasteiger partial charge on any atom is -0.495 e. The molecule has 2 aromatic rings. The van der Waals surface area contributed by atoms with Gasteiger partial charge in [0.15, 0.2) is 0 Å². The van der Waals surface area contributed by atoms with Crippen LogP contribution in [0.2, 0.25) is 10.0 Å². The van der Waals surface area contributed by atoms with E-state index in [0.717, 1.165) is 0 Å². The van der Waals surface area contributed by atoms with Gasteiger partial charge in [0.25, 0.3) is 6.04 Å². The van der Waals surface area contributed by atoms with Crippen LogP contribution in [0.25, 0.3) is 0 Å². The van der Waals surface area contributed by atoms with Gasteiger partial charge < -0.3 is 20.1 Å². The second kappa shape index (κ2) is 10.4. The Morgan fingerprint density at radius 1 is 1.12 bits per heavy atom. The zero-order valence-corrected chi connectivity index (χ0v) is 19.3. The van der Waals surface area contributed by atoms with E-state index in [4.69, 9.17) is 32.7 Å². The Bertz CT molecular complexity index is 1100. The van der Waals surface area contributed by atoms with Gasteiger partial charge in [0.05, 0.1) is 19.9 Å². The van der Waals surface area contributed by atoms with E-state index in [1.54, 1.807) is 18.2 Å². The molecule has 0 bridgehead atoms. The molecule has 0 saturated carbocycles. The second-order valence-corrected chi connectivity index (χ2v) is 7.51. The molecular formula is C20H20Cl2N6O5. The van der Waals surface area contributed by atoms with Crippen LogP contribution in [0.5, 0.6) is 11.5 Å². The number of amides is 2. The Hall–Kier alpha value is -3.57. The lowest BCUT2D eigenvalue weighted by Crippen LogP contribution is -2.38. The summed E-state index contributed by atoms with van der Waals surface area (Å²) < 4.78 is 10.4. The average Bonchev–Trinajstić information content (AvgIpc) is 2.81. The van der Waals surface area contributed by atoms with Crippen molar-refractivity contribution in [2.24, 2.45) is 0 Å². The van der Waals surface area contributed by atoms with Crippen molar-refractivity contribution in [1.29, 1.82) is 0 Å². The number of methoxy groups -OCH3 is 2. The first-order valence-electron chi connectivity index (χ1n) is 9.48. The Morgan fingerprint density at radius 3 is 2.36 bits per heavy atom. The van der Waals surface area contributed by atoms with Crippen molar-refractivity contribution in [3.63, 3.8) is 0 Å². The van der Waals surface area contributed by atoms with Gasteiger partial charge in [-0.05, 0) is 6.08 Å². The molecule has 1 aliphatic rings. The fourth-order valence-electron chi connectivity index (χ4n) is 3.00. The van der Waals surface area contributed by atoms with E-state index in [9.17, 15) is 14.9 Å². The molecular weight excluding hydrogens is 475 g/mol. The maximum atomic E-state index is 12.9. The van der Waals surface area contributed by atoms with Crippen molar-refractivity contribution in [2.45, 2.75) is 12.1 Å². The molecule has 174 valence electrons. The summed E-state index contributed by atoms with van der Waals surface area (Å²) in [6.45, 7) is 0. The maximum absolute atomic E-state index is 12.9. The number of nitro groups is 1. The fraction of sp³-hybridized carbons (Fsp3) is 0.250. The first kappa shape index (κ1) is 24.1. The summed E-state index contributed by atoms with van der Waals surface area (Å²) in [5.41, 5.74) is 0.103. The van der Waals surface area contributed by atoms with Gasteiger partial charge in [0.1, 0.15) is 45.5 Å². The Balaban J connectivity index is 1.80. The summed E-state index contributed by atoms with van der Waals surface area (Å²) in [5, 5.41) is 17.1. The minimum absolute atomic E-state index is 0.0954. The predicted octanol–water partition coefficient (Wildman–Crippen LogP) is 4.02. The summed E-state index contributed by atoms with van der Waals surface area (Å²) in [7, 11) is 4.31. The number of nitrogens with zero attached hydrogens (tertiary/aromatic N) is 4. The van der Waals surface area contributed by atoms with E-state index < -0.39 is 23.0 Å². The summed E-state index contributed by atoms with van der Waals surface area (Å²) in [6, 6.07) is 0.801. The highest BCUT2D eigenvalue weighted by molar-refractivity contribution is 6.41. The van der Waals surface area contributed by atoms with E-state index >= 15 is 0 Å². The van der Waals surface area contributed by atoms with E-state index in [0.29, 0.717) is 5.82 Å². The van der Waals surface area contributed by atoms with Gasteiger partial charge in [-0.15, -0.1) is 0 Å². The molecule has 33 heavy (non-hydrogen) atoms. The van der Waals surface area contributed by atoms with Crippen LogP contribution in [0, 0.1) is 10.1 Å². The fourth-order valence-corrected chi connectivity index (χ4v) is 3.60. The number of carbonyl (C=O) groups is 1. The number of benzene rings is 1. The van der Waals surface area contributed by atoms with Crippen molar-refractivity contribution in [3.05, 3.63) is 62.9 Å². The monoisotopic (exact) mass is 494 g/mol. The van der Waals surface area contributed by atoms with Crippen LogP contribution in [0.3, 0.4) is 0 Å². The zero-order valence-electron chi connectivity index (χ0n) is 17.8. The lowest BCUT2D eigenvalue weighted by atomic mass is 10.0. The van der Waals surface area contributed by atoms with E-state index in [1.165, 1.54) is 50.7 Å². The third kappa shape index (κ3) is 5.26. The number of halogens is 2. The van der Waals surface area contributed by atoms with Crippen LogP contribution in [-0.4, -0.2) is 54.3 Å². The largest absolute Gasteiger partial charge is 0.495 e. The number of aromatic nitrogens is 2. The molecule has 2 atom stereocenters. The number of hydrogen-bond donors (Lipinski definition) is 2. The van der Waals surface area contributed by atoms with Gasteiger partial charge in [0, 0.05) is 24.1 Å². The van der Waals surface area contributed by atoms with Crippen LogP contribution in [0.1, 0.15) is 0 Å². The number of anilines is 3. The standard InChI is InChI=1S/C20H20Cl2N6O5/c1-27(20(29)26-19-17(21)13(32-2)8-14(33-3)18(19)22)16-9-15(23-10-24-16)25-11-6-4-5-7-12(11)28(30)31/h4-12H,1-3H3,(H,26,29)(H,23,24,25). The lowest BCUT2D eigenvalue weighted by molar-refractivity contribution is -0.509. The molecule has 0 aliphatic heterocycles. The normalized spacial score (nSPS) is 16.8. The molecule has 0 saturated heterocycles. The number of rotatable bonds is 7. The first-order chi connectivity index (χ1) is 15.8. The molecule has 11 nitrogen and oxygen atoms in total. The second-order valence-electron chi connectivity index (χ2n) is 6.75. The van der Waals surface area contributed by atoms with Crippen LogP contribution < -0.4 is 25.0 Å². The number of carbonyl (C=O) groups excluding carboxylic acids is 1. The van der Waals surface area contributed by atoms with Gasteiger partial charge in [-0.3, -0.25) is 15.0 Å². The summed E-state index contributed by atoms with van der Waals surface area (Å²) in [5.74, 6) is 1.05. The highest BCUT2D eigenvalue weighted by Crippen LogP contribution is 2.44. The highest BCUT2D eigenvalue weighted by atomic mass is 35.5. The molecule has 0 spiro atoms. The first-order valence-corrected chi connectivity index (χ1v) is 10.2. The smallest absolute Gasteiger partial charge is 0.327 e. The van der Waals surface area contributed by atoms with Gasteiger partial charge in [-0.25, -0.2) is 14.8 Å². The van der Waals surface area contributed by atoms with Gasteiger partial charge in [-0.1, -0.05) is 41.4 Å². The van der Waals surface area contributed by atoms with E-state index in [1.807, 2.05) is 0 Å². The molecule has 2 unspecified atom stereocenters.